The Labute approximate surface area is 545 Å². The Balaban J connectivity index is 0.000000164. The van der Waals surface area contributed by atoms with Crippen LogP contribution < -0.4 is 0 Å². The van der Waals surface area contributed by atoms with Gasteiger partial charge < -0.3 is 38.3 Å². The molecule has 13 rings (SSSR count). The lowest BCUT2D eigenvalue weighted by molar-refractivity contribution is -0.231. The Morgan fingerprint density at radius 1 is 0.593 bits per heavy atom. The molecular formula is C72H118O18S. The Kier molecular flexibility index (Phi) is 23.0. The van der Waals surface area contributed by atoms with E-state index in [0.29, 0.717) is 74.7 Å². The van der Waals surface area contributed by atoms with Gasteiger partial charge >= 0.3 is 41.8 Å². The third kappa shape index (κ3) is 16.7. The number of carbonyl (C=O) groups is 7. The fourth-order valence-electron chi connectivity index (χ4n) is 16.8. The van der Waals surface area contributed by atoms with Crippen LogP contribution in [-0.2, 0) is 81.0 Å². The third-order valence-electron chi connectivity index (χ3n) is 24.2. The molecule has 2 heterocycles. The quantitative estimate of drug-likeness (QED) is 0.0761. The van der Waals surface area contributed by atoms with Crippen LogP contribution in [0.15, 0.2) is 0 Å². The molecule has 8 atom stereocenters. The van der Waals surface area contributed by atoms with Crippen LogP contribution in [0.25, 0.3) is 0 Å². The SMILES string of the molecule is CCC(C)(C)C(=O)OC1(C(C)C)C2CC3CC(C2)CC1C3.CCC(C)(C)C(=O)OC1(C)CCCC1.CCC(C)(C)C(=O)OC12CC3CC(CC(O)(C3)C1)C2.CCC(C)(C)C(=O)OC1CCOC1=O.CCC(C)(C)C(=O)OCC(=O)OC1C2CC3C1OS(=O)(=O)C3C2. The lowest BCUT2D eigenvalue weighted by Gasteiger charge is -2.62. The van der Waals surface area contributed by atoms with Gasteiger partial charge in [0.1, 0.15) is 29.0 Å². The number of cyclic esters (lactones) is 1. The van der Waals surface area contributed by atoms with E-state index in [1.807, 2.05) is 69.2 Å². The van der Waals surface area contributed by atoms with E-state index in [9.17, 15) is 47.1 Å². The summed E-state index contributed by atoms with van der Waals surface area (Å²) in [5.41, 5.74) is -3.52. The van der Waals surface area contributed by atoms with Gasteiger partial charge in [0.15, 0.2) is 6.61 Å². The van der Waals surface area contributed by atoms with Crippen molar-refractivity contribution in [3.63, 3.8) is 0 Å². The monoisotopic (exact) mass is 1300 g/mol. The van der Waals surface area contributed by atoms with Crippen molar-refractivity contribution >= 4 is 51.9 Å². The Hall–Kier alpha value is -3.84. The van der Waals surface area contributed by atoms with Crippen molar-refractivity contribution in [3.8, 4) is 0 Å². The maximum absolute atomic E-state index is 12.8. The summed E-state index contributed by atoms with van der Waals surface area (Å²) in [4.78, 5) is 83.4. The zero-order chi connectivity index (χ0) is 67.9. The van der Waals surface area contributed by atoms with Gasteiger partial charge in [0, 0.05) is 24.7 Å². The molecule has 10 bridgehead atoms. The van der Waals surface area contributed by atoms with Crippen LogP contribution >= 0.6 is 0 Å². The summed E-state index contributed by atoms with van der Waals surface area (Å²) in [6.07, 6.45) is 20.3. The van der Waals surface area contributed by atoms with Gasteiger partial charge in [-0.15, -0.1) is 0 Å². The van der Waals surface area contributed by atoms with Gasteiger partial charge in [-0.05, 0) is 252 Å². The van der Waals surface area contributed by atoms with E-state index >= 15 is 0 Å². The second-order valence-electron chi connectivity index (χ2n) is 33.6. The molecule has 0 aromatic carbocycles. The van der Waals surface area contributed by atoms with Gasteiger partial charge in [0.25, 0.3) is 10.1 Å². The highest BCUT2D eigenvalue weighted by Crippen LogP contribution is 2.63. The number of fused-ring (bicyclic) bond motifs is 1. The second-order valence-corrected chi connectivity index (χ2v) is 35.3. The standard InChI is InChI=1S/C19H32O2.C16H26O3.C15H22O7S.C12H22O2.C10H16O4/c1-6-18(4,5)17(20)21-19(12(2)3)15-8-13-7-14(10-15)11-16(19)9-13;1-4-14(2,3)13(17)19-16-8-11-5-12(9-16)7-15(18,6-11)10-16;1-4-15(2,3)14(17)20-7-11(16)21-12-8-5-9-10(6-8)23(18,19)22-13(9)12;1-5-11(2,3)10(13)14-12(4)8-6-7-9-12;1-4-10(2,3)9(12)14-7-5-6-13-8(7)11/h12-16H,6-11H2,1-5H3;11-12,18H,4-10H2,1-3H3;8-10,12-13H,4-7H2,1-3H3;5-9H2,1-4H3;7H,4-6H2,1-3H3. The highest BCUT2D eigenvalue weighted by molar-refractivity contribution is 7.87. The fourth-order valence-corrected chi connectivity index (χ4v) is 18.6. The van der Waals surface area contributed by atoms with Crippen LogP contribution in [0, 0.1) is 80.3 Å². The predicted molar refractivity (Wildman–Crippen MR) is 343 cm³/mol. The molecule has 0 radical (unpaired) electrons. The Morgan fingerprint density at radius 3 is 1.52 bits per heavy atom. The molecule has 0 spiro atoms. The summed E-state index contributed by atoms with van der Waals surface area (Å²) in [5.74, 6) is 2.59. The number of ether oxygens (including phenoxy) is 7. The van der Waals surface area contributed by atoms with Gasteiger partial charge in [-0.3, -0.25) is 28.2 Å². The van der Waals surface area contributed by atoms with Crippen LogP contribution in [0.2, 0.25) is 0 Å². The van der Waals surface area contributed by atoms with E-state index in [1.54, 1.807) is 27.7 Å². The summed E-state index contributed by atoms with van der Waals surface area (Å²) in [6.45, 7) is 35.3. The van der Waals surface area contributed by atoms with Crippen LogP contribution in [0.1, 0.15) is 272 Å². The molecular weight excluding hydrogens is 1180 g/mol. The number of aliphatic hydroxyl groups is 1. The molecule has 2 saturated heterocycles. The largest absolute Gasteiger partial charge is 0.463 e. The number of hydrogen-bond donors (Lipinski definition) is 1. The fraction of sp³-hybridized carbons (Fsp3) is 0.903. The Bertz CT molecular complexity index is 2690. The van der Waals surface area contributed by atoms with Crippen molar-refractivity contribution in [1.82, 2.24) is 0 Å². The van der Waals surface area contributed by atoms with Crippen molar-refractivity contribution < 1.29 is 84.4 Å². The molecule has 11 saturated carbocycles. The molecule has 2 aliphatic heterocycles. The molecule has 1 N–H and O–H groups in total. The van der Waals surface area contributed by atoms with Crippen molar-refractivity contribution in [1.29, 1.82) is 0 Å². The van der Waals surface area contributed by atoms with Crippen LogP contribution in [-0.4, -0.2) is 114 Å². The van der Waals surface area contributed by atoms with Crippen molar-refractivity contribution in [2.75, 3.05) is 13.2 Å². The third-order valence-corrected chi connectivity index (χ3v) is 26.0. The zero-order valence-electron chi connectivity index (χ0n) is 59.0. The normalized spacial score (nSPS) is 34.8. The molecule has 0 aromatic heterocycles. The van der Waals surface area contributed by atoms with Gasteiger partial charge in [0.2, 0.25) is 6.10 Å². The molecule has 13 aliphatic rings. The van der Waals surface area contributed by atoms with E-state index in [-0.39, 0.29) is 63.3 Å². The van der Waals surface area contributed by atoms with E-state index in [2.05, 4.69) is 27.7 Å². The number of esters is 7. The van der Waals surface area contributed by atoms with Gasteiger partial charge in [-0.25, -0.2) is 9.59 Å². The van der Waals surface area contributed by atoms with Crippen LogP contribution in [0.4, 0.5) is 0 Å². The first-order chi connectivity index (χ1) is 42.1. The lowest BCUT2D eigenvalue weighted by Crippen LogP contribution is -2.63. The number of carbonyl (C=O) groups excluding carboxylic acids is 7. The van der Waals surface area contributed by atoms with E-state index < -0.39 is 80.0 Å². The van der Waals surface area contributed by atoms with Crippen LogP contribution in [0.5, 0.6) is 0 Å². The molecule has 0 amide bonds. The molecule has 0 aromatic rings. The predicted octanol–water partition coefficient (Wildman–Crippen LogP) is 13.5. The number of hydrogen-bond acceptors (Lipinski definition) is 18. The minimum absolute atomic E-state index is 0.0130. The van der Waals surface area contributed by atoms with Crippen LogP contribution in [0.3, 0.4) is 0 Å². The summed E-state index contributed by atoms with van der Waals surface area (Å²) >= 11 is 0. The van der Waals surface area contributed by atoms with E-state index in [0.717, 1.165) is 69.6 Å². The lowest BCUT2D eigenvalue weighted by atomic mass is 9.47. The first-order valence-electron chi connectivity index (χ1n) is 35.2. The molecule has 8 unspecified atom stereocenters. The second kappa shape index (κ2) is 28.1. The first-order valence-corrected chi connectivity index (χ1v) is 36.6. The molecule has 11 aliphatic carbocycles. The molecule has 19 heteroatoms. The molecule has 18 nitrogen and oxygen atoms in total. The molecule has 13 fully saturated rings. The van der Waals surface area contributed by atoms with Crippen molar-refractivity contribution in [2.45, 2.75) is 318 Å². The summed E-state index contributed by atoms with van der Waals surface area (Å²) in [6, 6.07) is 0. The average molecular weight is 1300 g/mol. The first kappa shape index (κ1) is 74.6. The van der Waals surface area contributed by atoms with E-state index in [4.69, 9.17) is 37.3 Å². The zero-order valence-corrected chi connectivity index (χ0v) is 59.8. The summed E-state index contributed by atoms with van der Waals surface area (Å²) in [5, 5.41) is 10.2. The van der Waals surface area contributed by atoms with Gasteiger partial charge in [-0.1, -0.05) is 48.5 Å². The highest BCUT2D eigenvalue weighted by Gasteiger charge is 2.66. The summed E-state index contributed by atoms with van der Waals surface area (Å²) in [7, 11) is -3.53. The summed E-state index contributed by atoms with van der Waals surface area (Å²) < 4.78 is 66.9. The van der Waals surface area contributed by atoms with Crippen molar-refractivity contribution in [3.05, 3.63) is 0 Å². The highest BCUT2D eigenvalue weighted by atomic mass is 32.2. The van der Waals surface area contributed by atoms with Gasteiger partial charge in [-0.2, -0.15) is 8.42 Å². The molecule has 91 heavy (non-hydrogen) atoms. The smallest absolute Gasteiger partial charge is 0.347 e. The van der Waals surface area contributed by atoms with Crippen molar-refractivity contribution in [2.24, 2.45) is 80.3 Å². The molecule has 520 valence electrons. The number of rotatable bonds is 18. The maximum Gasteiger partial charge on any atom is 0.347 e. The van der Waals surface area contributed by atoms with E-state index in [1.165, 1.54) is 51.4 Å². The Morgan fingerprint density at radius 2 is 1.05 bits per heavy atom. The van der Waals surface area contributed by atoms with Gasteiger partial charge in [0.05, 0.1) is 44.5 Å². The average Bonchev–Trinajstić information content (AvgIpc) is 1.68. The topological polar surface area (TPSA) is 248 Å². The minimum atomic E-state index is -3.53. The minimum Gasteiger partial charge on any atom is -0.463 e. The maximum atomic E-state index is 12.8.